The van der Waals surface area contributed by atoms with E-state index in [0.29, 0.717) is 11.6 Å². The largest absolute Gasteiger partial charge is 0.449 e. The lowest BCUT2D eigenvalue weighted by Crippen LogP contribution is -3.06. The first-order valence-corrected chi connectivity index (χ1v) is 9.97. The number of sulfonamides is 1. The number of halogens is 1. The molecule has 0 bridgehead atoms. The average molecular weight is 415 g/mol. The maximum absolute atomic E-state index is 12.4. The smallest absolute Gasteiger partial charge is 0.312 e. The van der Waals surface area contributed by atoms with E-state index in [-0.39, 0.29) is 22.9 Å². The third-order valence-corrected chi connectivity index (χ3v) is 5.43. The van der Waals surface area contributed by atoms with Gasteiger partial charge in [0, 0.05) is 6.07 Å². The van der Waals surface area contributed by atoms with Crippen molar-refractivity contribution in [3.8, 4) is 11.5 Å². The molecule has 10 heteroatoms. The minimum Gasteiger partial charge on any atom is -0.449 e. The number of nitro groups is 1. The number of quaternary nitrogens is 1. The number of nitrogens with zero attached hydrogens (tertiary/aromatic N) is 1. The van der Waals surface area contributed by atoms with Crippen LogP contribution in [0.5, 0.6) is 11.5 Å². The summed E-state index contributed by atoms with van der Waals surface area (Å²) >= 11 is 6.06. The zero-order valence-electron chi connectivity index (χ0n) is 15.2. The van der Waals surface area contributed by atoms with Gasteiger partial charge >= 0.3 is 5.69 Å². The molecule has 0 aromatic heterocycles. The van der Waals surface area contributed by atoms with E-state index in [1.165, 1.54) is 12.1 Å². The summed E-state index contributed by atoms with van der Waals surface area (Å²) in [6, 6.07) is 8.53. The molecule has 2 aromatic rings. The van der Waals surface area contributed by atoms with Crippen LogP contribution in [0.25, 0.3) is 0 Å². The highest BCUT2D eigenvalue weighted by molar-refractivity contribution is 7.89. The van der Waals surface area contributed by atoms with E-state index < -0.39 is 20.6 Å². The third kappa shape index (κ3) is 5.64. The second kappa shape index (κ2) is 8.66. The predicted octanol–water partition coefficient (Wildman–Crippen LogP) is 1.77. The molecule has 2 N–H and O–H groups in total. The summed E-state index contributed by atoms with van der Waals surface area (Å²) in [5.74, 6) is 0.159. The Bertz CT molecular complexity index is 948. The highest BCUT2D eigenvalue weighted by atomic mass is 35.5. The molecule has 27 heavy (non-hydrogen) atoms. The Labute approximate surface area is 162 Å². The molecule has 8 nitrogen and oxygen atoms in total. The maximum atomic E-state index is 12.4. The number of likely N-dealkylation sites (N-methyl/N-ethyl adjacent to an activating group) is 1. The molecule has 0 fully saturated rings. The van der Waals surface area contributed by atoms with Gasteiger partial charge < -0.3 is 9.64 Å². The normalized spacial score (nSPS) is 11.6. The quantitative estimate of drug-likeness (QED) is 0.506. The lowest BCUT2D eigenvalue weighted by atomic mass is 10.2. The van der Waals surface area contributed by atoms with E-state index in [2.05, 4.69) is 4.72 Å². The van der Waals surface area contributed by atoms with Crippen LogP contribution in [0.2, 0.25) is 5.02 Å². The molecule has 0 radical (unpaired) electrons. The summed E-state index contributed by atoms with van der Waals surface area (Å²) in [6.07, 6.45) is 0. The third-order valence-electron chi connectivity index (χ3n) is 3.66. The summed E-state index contributed by atoms with van der Waals surface area (Å²) in [5.41, 5.74) is 0.400. The maximum Gasteiger partial charge on any atom is 0.312 e. The summed E-state index contributed by atoms with van der Waals surface area (Å²) in [5, 5.41) is 11.7. The van der Waals surface area contributed by atoms with Crippen molar-refractivity contribution in [2.45, 2.75) is 11.8 Å². The van der Waals surface area contributed by atoms with Crippen LogP contribution in [0.4, 0.5) is 5.69 Å². The van der Waals surface area contributed by atoms with E-state index in [1.807, 2.05) is 21.0 Å². The Hall–Kier alpha value is -2.20. The van der Waals surface area contributed by atoms with Gasteiger partial charge in [-0.15, -0.1) is 0 Å². The fraction of sp³-hybridized carbons (Fsp3) is 0.294. The summed E-state index contributed by atoms with van der Waals surface area (Å²) in [6.45, 7) is 2.62. The fourth-order valence-electron chi connectivity index (χ4n) is 2.22. The van der Waals surface area contributed by atoms with Gasteiger partial charge in [-0.2, -0.15) is 0 Å². The molecule has 0 aliphatic heterocycles. The van der Waals surface area contributed by atoms with Gasteiger partial charge in [0.25, 0.3) is 0 Å². The molecule has 2 rings (SSSR count). The molecule has 146 valence electrons. The highest BCUT2D eigenvalue weighted by Gasteiger charge is 2.23. The van der Waals surface area contributed by atoms with E-state index >= 15 is 0 Å². The van der Waals surface area contributed by atoms with Crippen LogP contribution in [-0.2, 0) is 10.0 Å². The Balaban J connectivity index is 2.34. The summed E-state index contributed by atoms with van der Waals surface area (Å²) in [4.78, 5) is 11.6. The van der Waals surface area contributed by atoms with Crippen LogP contribution >= 0.6 is 11.6 Å². The van der Waals surface area contributed by atoms with Gasteiger partial charge in [-0.05, 0) is 36.8 Å². The van der Waals surface area contributed by atoms with Gasteiger partial charge in [0.15, 0.2) is 0 Å². The number of hydrogen-bond acceptors (Lipinski definition) is 5. The Morgan fingerprint density at radius 3 is 2.52 bits per heavy atom. The van der Waals surface area contributed by atoms with Crippen LogP contribution in [0, 0.1) is 17.0 Å². The van der Waals surface area contributed by atoms with Crippen molar-refractivity contribution in [1.82, 2.24) is 4.72 Å². The molecule has 0 unspecified atom stereocenters. The van der Waals surface area contributed by atoms with Gasteiger partial charge in [-0.25, -0.2) is 13.1 Å². The Kier molecular flexibility index (Phi) is 6.77. The van der Waals surface area contributed by atoms with Crippen molar-refractivity contribution >= 4 is 27.3 Å². The van der Waals surface area contributed by atoms with E-state index in [9.17, 15) is 18.5 Å². The number of aryl methyl sites for hydroxylation is 1. The predicted molar refractivity (Wildman–Crippen MR) is 102 cm³/mol. The first-order valence-electron chi connectivity index (χ1n) is 8.11. The SMILES string of the molecule is Cc1ccc(Cl)c(Oc2ccc(S(=O)(=O)NCC[NH+](C)C)cc2[N+](=O)[O-])c1. The molecule has 2 aromatic carbocycles. The molecule has 0 amide bonds. The van der Waals surface area contributed by atoms with Crippen molar-refractivity contribution in [2.24, 2.45) is 0 Å². The van der Waals surface area contributed by atoms with Crippen LogP contribution in [-0.4, -0.2) is 40.5 Å². The molecule has 0 aliphatic carbocycles. The highest BCUT2D eigenvalue weighted by Crippen LogP contribution is 2.36. The molecule has 0 saturated heterocycles. The fourth-order valence-corrected chi connectivity index (χ4v) is 3.43. The number of benzene rings is 2. The second-order valence-corrected chi connectivity index (χ2v) is 8.45. The zero-order valence-corrected chi connectivity index (χ0v) is 16.7. The Morgan fingerprint density at radius 2 is 1.89 bits per heavy atom. The van der Waals surface area contributed by atoms with Crippen LogP contribution < -0.4 is 14.4 Å². The van der Waals surface area contributed by atoms with Gasteiger partial charge in [-0.3, -0.25) is 10.1 Å². The van der Waals surface area contributed by atoms with Crippen molar-refractivity contribution < 1.29 is 23.0 Å². The van der Waals surface area contributed by atoms with Crippen LogP contribution in [0.15, 0.2) is 41.3 Å². The van der Waals surface area contributed by atoms with Crippen molar-refractivity contribution in [3.05, 3.63) is 57.1 Å². The molecule has 0 atom stereocenters. The van der Waals surface area contributed by atoms with E-state index in [4.69, 9.17) is 16.3 Å². The van der Waals surface area contributed by atoms with Gasteiger partial charge in [-0.1, -0.05) is 17.7 Å². The van der Waals surface area contributed by atoms with Crippen molar-refractivity contribution in [1.29, 1.82) is 0 Å². The Morgan fingerprint density at radius 1 is 1.19 bits per heavy atom. The molecule has 0 saturated carbocycles. The minimum atomic E-state index is -3.87. The van der Waals surface area contributed by atoms with E-state index in [1.54, 1.807) is 18.2 Å². The first-order chi connectivity index (χ1) is 12.6. The first kappa shape index (κ1) is 21.1. The molecule has 0 spiro atoms. The van der Waals surface area contributed by atoms with Crippen LogP contribution in [0.1, 0.15) is 5.56 Å². The lowest BCUT2D eigenvalue weighted by molar-refractivity contribution is -0.856. The van der Waals surface area contributed by atoms with Gasteiger partial charge in [0.05, 0.1) is 42.0 Å². The minimum absolute atomic E-state index is 0.0933. The monoisotopic (exact) mass is 414 g/mol. The number of rotatable bonds is 8. The van der Waals surface area contributed by atoms with E-state index in [0.717, 1.165) is 16.5 Å². The lowest BCUT2D eigenvalue weighted by Gasteiger charge is -2.11. The summed E-state index contributed by atoms with van der Waals surface area (Å²) in [7, 11) is -0.0847. The summed E-state index contributed by atoms with van der Waals surface area (Å²) < 4.78 is 32.7. The van der Waals surface area contributed by atoms with Gasteiger partial charge in [0.2, 0.25) is 15.8 Å². The number of nitrogens with one attached hydrogen (secondary N) is 2. The number of hydrogen-bond donors (Lipinski definition) is 2. The molecule has 0 aliphatic rings. The number of ether oxygens (including phenoxy) is 1. The van der Waals surface area contributed by atoms with Crippen LogP contribution in [0.3, 0.4) is 0 Å². The standard InChI is InChI=1S/C17H20ClN3O5S/c1-12-4-6-14(18)17(10-12)26-16-7-5-13(11-15(16)21(22)23)27(24,25)19-8-9-20(2)3/h4-7,10-11,19H,8-9H2,1-3H3/p+1. The number of nitro benzene ring substituents is 1. The second-order valence-electron chi connectivity index (χ2n) is 6.28. The van der Waals surface area contributed by atoms with Crippen molar-refractivity contribution in [3.63, 3.8) is 0 Å². The van der Waals surface area contributed by atoms with Gasteiger partial charge in [0.1, 0.15) is 5.75 Å². The molecular formula is C17H21ClN3O5S+. The zero-order chi connectivity index (χ0) is 20.2. The molecule has 0 heterocycles. The van der Waals surface area contributed by atoms with Crippen molar-refractivity contribution in [2.75, 3.05) is 27.2 Å². The topological polar surface area (TPSA) is 103 Å². The molecular weight excluding hydrogens is 394 g/mol. The average Bonchev–Trinajstić information content (AvgIpc) is 2.57.